The van der Waals surface area contributed by atoms with Crippen molar-refractivity contribution >= 4 is 40.2 Å². The molecule has 2 aromatic rings. The predicted molar refractivity (Wildman–Crippen MR) is 73.2 cm³/mol. The van der Waals surface area contributed by atoms with Crippen LogP contribution in [-0.2, 0) is 0 Å². The summed E-state index contributed by atoms with van der Waals surface area (Å²) in [6.45, 7) is 4.06. The van der Waals surface area contributed by atoms with E-state index in [4.69, 9.17) is 0 Å². The SMILES string of the molecule is Cc1cc(C(=O)CSc2cccs2)c(C)s1. The van der Waals surface area contributed by atoms with E-state index in [0.717, 1.165) is 10.4 Å². The van der Waals surface area contributed by atoms with Gasteiger partial charge in [0.15, 0.2) is 5.78 Å². The van der Waals surface area contributed by atoms with Gasteiger partial charge in [-0.1, -0.05) is 6.07 Å². The Kier molecular flexibility index (Phi) is 3.84. The van der Waals surface area contributed by atoms with Crippen LogP contribution in [0.1, 0.15) is 20.1 Å². The van der Waals surface area contributed by atoms with Crippen LogP contribution in [0, 0.1) is 13.8 Å². The Hall–Kier alpha value is -0.580. The molecule has 16 heavy (non-hydrogen) atoms. The van der Waals surface area contributed by atoms with Crippen molar-refractivity contribution in [2.75, 3.05) is 5.75 Å². The molecule has 0 amide bonds. The minimum absolute atomic E-state index is 0.236. The third kappa shape index (κ3) is 2.75. The summed E-state index contributed by atoms with van der Waals surface area (Å²) in [7, 11) is 0. The third-order valence-corrected chi connectivity index (χ3v) is 5.28. The molecule has 0 spiro atoms. The number of hydrogen-bond acceptors (Lipinski definition) is 4. The number of hydrogen-bond donors (Lipinski definition) is 0. The highest BCUT2D eigenvalue weighted by Gasteiger charge is 2.12. The first kappa shape index (κ1) is 11.9. The molecule has 0 aliphatic carbocycles. The molecule has 1 nitrogen and oxygen atoms in total. The molecule has 0 aliphatic rings. The van der Waals surface area contributed by atoms with Crippen molar-refractivity contribution in [2.45, 2.75) is 18.1 Å². The first-order chi connectivity index (χ1) is 7.66. The highest BCUT2D eigenvalue weighted by molar-refractivity contribution is 8.01. The molecule has 0 fully saturated rings. The summed E-state index contributed by atoms with van der Waals surface area (Å²) in [5.41, 5.74) is 0.895. The molecular formula is C12H12OS3. The molecule has 4 heteroatoms. The maximum absolute atomic E-state index is 12.0. The summed E-state index contributed by atoms with van der Waals surface area (Å²) < 4.78 is 1.21. The van der Waals surface area contributed by atoms with Gasteiger partial charge in [-0.15, -0.1) is 34.4 Å². The summed E-state index contributed by atoms with van der Waals surface area (Å²) in [6, 6.07) is 6.06. The van der Waals surface area contributed by atoms with Crippen molar-refractivity contribution in [3.05, 3.63) is 38.9 Å². The van der Waals surface area contributed by atoms with Crippen molar-refractivity contribution in [2.24, 2.45) is 0 Å². The van der Waals surface area contributed by atoms with E-state index in [0.29, 0.717) is 5.75 Å². The molecule has 2 heterocycles. The Labute approximate surface area is 108 Å². The Morgan fingerprint density at radius 1 is 1.44 bits per heavy atom. The zero-order valence-corrected chi connectivity index (χ0v) is 11.6. The van der Waals surface area contributed by atoms with Gasteiger partial charge >= 0.3 is 0 Å². The van der Waals surface area contributed by atoms with Gasteiger partial charge in [-0.05, 0) is 31.4 Å². The maximum Gasteiger partial charge on any atom is 0.174 e. The van der Waals surface area contributed by atoms with Crippen molar-refractivity contribution < 1.29 is 4.79 Å². The first-order valence-electron chi connectivity index (χ1n) is 4.93. The number of carbonyl (C=O) groups is 1. The lowest BCUT2D eigenvalue weighted by molar-refractivity contribution is 0.102. The van der Waals surface area contributed by atoms with E-state index in [9.17, 15) is 4.79 Å². The van der Waals surface area contributed by atoms with Crippen LogP contribution in [0.2, 0.25) is 0 Å². The molecule has 0 saturated heterocycles. The van der Waals surface area contributed by atoms with Crippen molar-refractivity contribution in [3.8, 4) is 0 Å². The van der Waals surface area contributed by atoms with Crippen LogP contribution in [0.25, 0.3) is 0 Å². The second-order valence-electron chi connectivity index (χ2n) is 3.47. The van der Waals surface area contributed by atoms with E-state index >= 15 is 0 Å². The average Bonchev–Trinajstić information content (AvgIpc) is 2.84. The standard InChI is InChI=1S/C12H12OS3/c1-8-6-10(9(2)16-8)11(13)7-15-12-4-3-5-14-12/h3-6H,7H2,1-2H3. The highest BCUT2D eigenvalue weighted by atomic mass is 32.2. The number of thioether (sulfide) groups is 1. The van der Waals surface area contributed by atoms with Gasteiger partial charge in [0.25, 0.3) is 0 Å². The molecule has 0 atom stereocenters. The predicted octanol–water partition coefficient (Wildman–Crippen LogP) is 4.40. The smallest absolute Gasteiger partial charge is 0.174 e. The Balaban J connectivity index is 2.01. The van der Waals surface area contributed by atoms with Crippen LogP contribution in [0.4, 0.5) is 0 Å². The first-order valence-corrected chi connectivity index (χ1v) is 7.61. The second-order valence-corrected chi connectivity index (χ2v) is 7.15. The van der Waals surface area contributed by atoms with E-state index < -0.39 is 0 Å². The van der Waals surface area contributed by atoms with Gasteiger partial charge in [-0.3, -0.25) is 4.79 Å². The van der Waals surface area contributed by atoms with Crippen molar-refractivity contribution in [1.82, 2.24) is 0 Å². The zero-order valence-electron chi connectivity index (χ0n) is 9.15. The summed E-state index contributed by atoms with van der Waals surface area (Å²) in [5.74, 6) is 0.776. The topological polar surface area (TPSA) is 17.1 Å². The summed E-state index contributed by atoms with van der Waals surface area (Å²) in [4.78, 5) is 14.3. The van der Waals surface area contributed by atoms with Gasteiger partial charge in [0.05, 0.1) is 9.96 Å². The number of aryl methyl sites for hydroxylation is 2. The van der Waals surface area contributed by atoms with Crippen LogP contribution < -0.4 is 0 Å². The van der Waals surface area contributed by atoms with Gasteiger partial charge in [0.2, 0.25) is 0 Å². The molecule has 2 aromatic heterocycles. The zero-order chi connectivity index (χ0) is 11.5. The number of rotatable bonds is 4. The quantitative estimate of drug-likeness (QED) is 0.604. The molecule has 84 valence electrons. The largest absolute Gasteiger partial charge is 0.293 e. The van der Waals surface area contributed by atoms with Gasteiger partial charge in [0, 0.05) is 15.3 Å². The fraction of sp³-hybridized carbons (Fsp3) is 0.250. The molecule has 0 saturated carbocycles. The normalized spacial score (nSPS) is 10.6. The lowest BCUT2D eigenvalue weighted by atomic mass is 10.2. The molecule has 2 rings (SSSR count). The van der Waals surface area contributed by atoms with Crippen LogP contribution in [0.3, 0.4) is 0 Å². The fourth-order valence-electron chi connectivity index (χ4n) is 1.47. The van der Waals surface area contributed by atoms with Crippen molar-refractivity contribution in [1.29, 1.82) is 0 Å². The minimum atomic E-state index is 0.236. The number of carbonyl (C=O) groups excluding carboxylic acids is 1. The molecule has 0 unspecified atom stereocenters. The van der Waals surface area contributed by atoms with Gasteiger partial charge in [-0.25, -0.2) is 0 Å². The molecule has 0 aliphatic heterocycles. The van der Waals surface area contributed by atoms with Crippen molar-refractivity contribution in [3.63, 3.8) is 0 Å². The lowest BCUT2D eigenvalue weighted by Gasteiger charge is -1.98. The summed E-state index contributed by atoms with van der Waals surface area (Å²) in [6.07, 6.45) is 0. The lowest BCUT2D eigenvalue weighted by Crippen LogP contribution is -2.01. The highest BCUT2D eigenvalue weighted by Crippen LogP contribution is 2.26. The average molecular weight is 268 g/mol. The van der Waals surface area contributed by atoms with Gasteiger partial charge in [0.1, 0.15) is 0 Å². The van der Waals surface area contributed by atoms with E-state index in [1.807, 2.05) is 37.4 Å². The molecule has 0 bridgehead atoms. The van der Waals surface area contributed by atoms with Crippen LogP contribution in [0.5, 0.6) is 0 Å². The number of thiophene rings is 2. The monoisotopic (exact) mass is 268 g/mol. The van der Waals surface area contributed by atoms with E-state index in [1.54, 1.807) is 34.4 Å². The molecule has 0 aromatic carbocycles. The number of ketones is 1. The Morgan fingerprint density at radius 2 is 2.25 bits per heavy atom. The minimum Gasteiger partial charge on any atom is -0.293 e. The van der Waals surface area contributed by atoms with E-state index in [1.165, 1.54) is 9.09 Å². The van der Waals surface area contributed by atoms with Gasteiger partial charge < -0.3 is 0 Å². The van der Waals surface area contributed by atoms with Crippen LogP contribution >= 0.6 is 34.4 Å². The van der Waals surface area contributed by atoms with Crippen LogP contribution in [-0.4, -0.2) is 11.5 Å². The van der Waals surface area contributed by atoms with E-state index in [2.05, 4.69) is 0 Å². The Morgan fingerprint density at radius 3 is 2.81 bits per heavy atom. The Bertz CT molecular complexity index is 482. The van der Waals surface area contributed by atoms with Gasteiger partial charge in [-0.2, -0.15) is 0 Å². The van der Waals surface area contributed by atoms with Crippen LogP contribution in [0.15, 0.2) is 27.8 Å². The summed E-state index contributed by atoms with van der Waals surface area (Å²) >= 11 is 5.00. The summed E-state index contributed by atoms with van der Waals surface area (Å²) in [5, 5.41) is 2.03. The fourth-order valence-corrected chi connectivity index (χ4v) is 4.08. The second kappa shape index (κ2) is 5.17. The molecule has 0 N–H and O–H groups in total. The van der Waals surface area contributed by atoms with E-state index in [-0.39, 0.29) is 5.78 Å². The molecule has 0 radical (unpaired) electrons. The third-order valence-electron chi connectivity index (χ3n) is 2.18. The number of Topliss-reactive ketones (excluding diaryl/α,β-unsaturated/α-hetero) is 1. The maximum atomic E-state index is 12.0. The molecular weight excluding hydrogens is 256 g/mol.